The van der Waals surface area contributed by atoms with Gasteiger partial charge in [0.1, 0.15) is 18.4 Å². The molecule has 59 heavy (non-hydrogen) atoms. The lowest BCUT2D eigenvalue weighted by Crippen LogP contribution is -2.54. The number of ether oxygens (including phenoxy) is 1. The van der Waals surface area contributed by atoms with Crippen molar-refractivity contribution < 1.29 is 28.7 Å². The Morgan fingerprint density at radius 3 is 2.14 bits per heavy atom. The molecule has 5 amide bonds. The zero-order valence-corrected chi connectivity index (χ0v) is 33.9. The average molecular weight is 816 g/mol. The maximum atomic E-state index is 13.3. The first-order valence-corrected chi connectivity index (χ1v) is 21.1. The van der Waals surface area contributed by atoms with Gasteiger partial charge in [-0.05, 0) is 77.8 Å². The summed E-state index contributed by atoms with van der Waals surface area (Å²) in [7, 11) is 0. The second-order valence-electron chi connectivity index (χ2n) is 15.0. The second kappa shape index (κ2) is 19.8. The van der Waals surface area contributed by atoms with Gasteiger partial charge in [0.2, 0.25) is 17.7 Å². The highest BCUT2D eigenvalue weighted by Crippen LogP contribution is 2.36. The molecule has 1 atom stereocenters. The molecule has 3 heterocycles. The molecule has 1 unspecified atom stereocenters. The summed E-state index contributed by atoms with van der Waals surface area (Å²) >= 11 is 6.32. The smallest absolute Gasteiger partial charge is 0.264 e. The highest BCUT2D eigenvalue weighted by Gasteiger charge is 2.45. The lowest BCUT2D eigenvalue weighted by Gasteiger charge is -2.34. The van der Waals surface area contributed by atoms with Crippen LogP contribution in [0, 0.1) is 0 Å². The quantitative estimate of drug-likeness (QED) is 0.0512. The molecule has 306 valence electrons. The van der Waals surface area contributed by atoms with Gasteiger partial charge in [0.25, 0.3) is 11.8 Å². The van der Waals surface area contributed by atoms with Crippen molar-refractivity contribution in [2.24, 2.45) is 0 Å². The van der Waals surface area contributed by atoms with Crippen LogP contribution in [-0.2, 0) is 14.4 Å². The number of piperidine rings is 1. The lowest BCUT2D eigenvalue weighted by molar-refractivity contribution is -0.136. The van der Waals surface area contributed by atoms with Crippen LogP contribution in [0.1, 0.15) is 82.4 Å². The van der Waals surface area contributed by atoms with Gasteiger partial charge in [-0.3, -0.25) is 39.1 Å². The zero-order chi connectivity index (χ0) is 41.1. The van der Waals surface area contributed by atoms with Crippen LogP contribution in [0.3, 0.4) is 0 Å². The van der Waals surface area contributed by atoms with Gasteiger partial charge < -0.3 is 15.0 Å². The van der Waals surface area contributed by atoms with Gasteiger partial charge in [-0.1, -0.05) is 85.3 Å². The zero-order valence-electron chi connectivity index (χ0n) is 33.2. The highest BCUT2D eigenvalue weighted by atomic mass is 35.5. The predicted octanol–water partition coefficient (Wildman–Crippen LogP) is 6.87. The van der Waals surface area contributed by atoms with E-state index in [0.717, 1.165) is 72.7 Å². The summed E-state index contributed by atoms with van der Waals surface area (Å²) in [5, 5.41) is 5.50. The van der Waals surface area contributed by atoms with Crippen molar-refractivity contribution >= 4 is 58.0 Å². The molecule has 4 aromatic rings. The van der Waals surface area contributed by atoms with Crippen LogP contribution < -0.4 is 15.4 Å². The van der Waals surface area contributed by atoms with Gasteiger partial charge in [0, 0.05) is 63.7 Å². The summed E-state index contributed by atoms with van der Waals surface area (Å²) in [5.41, 5.74) is 6.82. The van der Waals surface area contributed by atoms with E-state index in [2.05, 4.69) is 76.2 Å². The fraction of sp³-hybridized carbons (Fsp3) is 0.340. The van der Waals surface area contributed by atoms with Crippen molar-refractivity contribution in [3.63, 3.8) is 0 Å². The third-order valence-corrected chi connectivity index (χ3v) is 11.4. The first-order valence-electron chi connectivity index (χ1n) is 20.5. The molecule has 0 spiro atoms. The van der Waals surface area contributed by atoms with E-state index in [0.29, 0.717) is 44.2 Å². The number of piperazine rings is 1. The Labute approximate surface area is 350 Å². The normalized spacial score (nSPS) is 17.4. The first-order chi connectivity index (χ1) is 28.8. The number of carbonyl (C=O) groups is 5. The SMILES string of the molecule is O=C1CCC(N2C(=O)c3cccc(NCCCCCC(=O)N4CCN(CCOc5ccc(/C(=C(/CCCl)c6ccccc6)c6ccccc6)cc5)CC4)c3C2=O)C(=O)N1. The fourth-order valence-corrected chi connectivity index (χ4v) is 8.31. The average Bonchev–Trinajstić information content (AvgIpc) is 3.52. The van der Waals surface area contributed by atoms with Crippen molar-refractivity contribution in [1.82, 2.24) is 20.0 Å². The number of halogens is 1. The van der Waals surface area contributed by atoms with Gasteiger partial charge in [-0.15, -0.1) is 11.6 Å². The number of carbonyl (C=O) groups excluding carboxylic acids is 5. The molecule has 0 saturated carbocycles. The van der Waals surface area contributed by atoms with Crippen molar-refractivity contribution in [3.8, 4) is 5.75 Å². The number of allylic oxidation sites excluding steroid dienone is 1. The highest BCUT2D eigenvalue weighted by molar-refractivity contribution is 6.25. The number of hydrogen-bond acceptors (Lipinski definition) is 8. The molecule has 0 radical (unpaired) electrons. The second-order valence-corrected chi connectivity index (χ2v) is 15.4. The van der Waals surface area contributed by atoms with Gasteiger partial charge in [0.15, 0.2) is 0 Å². The standard InChI is InChI=1S/C47H50ClN5O6/c48-25-24-37(33-11-4-1-5-12-33)43(34-13-6-2-7-14-34)35-18-20-36(21-19-35)59-32-31-51-27-29-52(30-28-51)42(55)17-8-3-9-26-49-39-16-10-15-38-44(39)47(58)53(46(38)57)40-22-23-41(54)50-45(40)56/h1-2,4-7,10-16,18-21,40,49H,3,8-9,17,22-32H2,(H,50,54,56)/b43-37-. The molecule has 3 aliphatic rings. The third kappa shape index (κ3) is 9.92. The van der Waals surface area contributed by atoms with Crippen LogP contribution >= 0.6 is 11.6 Å². The number of amides is 5. The van der Waals surface area contributed by atoms with Crippen LogP contribution in [0.4, 0.5) is 5.69 Å². The van der Waals surface area contributed by atoms with E-state index < -0.39 is 29.7 Å². The molecule has 11 nitrogen and oxygen atoms in total. The molecule has 2 fully saturated rings. The molecular formula is C47H50ClN5O6. The van der Waals surface area contributed by atoms with Crippen molar-refractivity contribution in [2.75, 3.05) is 57.1 Å². The number of nitrogens with one attached hydrogen (secondary N) is 2. The summed E-state index contributed by atoms with van der Waals surface area (Å²) in [5.74, 6) is -0.595. The molecule has 0 bridgehead atoms. The van der Waals surface area contributed by atoms with Gasteiger partial charge in [0.05, 0.1) is 11.1 Å². The van der Waals surface area contributed by atoms with E-state index in [-0.39, 0.29) is 29.9 Å². The maximum Gasteiger partial charge on any atom is 0.264 e. The predicted molar refractivity (Wildman–Crippen MR) is 229 cm³/mol. The Morgan fingerprint density at radius 2 is 1.44 bits per heavy atom. The van der Waals surface area contributed by atoms with E-state index in [4.69, 9.17) is 16.3 Å². The minimum atomic E-state index is -1.00. The van der Waals surface area contributed by atoms with Crippen LogP contribution in [0.5, 0.6) is 5.75 Å². The number of unbranched alkanes of at least 4 members (excludes halogenated alkanes) is 2. The van der Waals surface area contributed by atoms with Crippen molar-refractivity contribution in [2.45, 2.75) is 51.0 Å². The topological polar surface area (TPSA) is 128 Å². The van der Waals surface area contributed by atoms with Crippen molar-refractivity contribution in [1.29, 1.82) is 0 Å². The molecular weight excluding hydrogens is 766 g/mol. The number of rotatable bonds is 17. The Bertz CT molecular complexity index is 2170. The summed E-state index contributed by atoms with van der Waals surface area (Å²) in [6.45, 7) is 4.88. The Hall–Kier alpha value is -5.78. The largest absolute Gasteiger partial charge is 0.492 e. The number of hydrogen-bond donors (Lipinski definition) is 2. The van der Waals surface area contributed by atoms with Gasteiger partial charge in [-0.25, -0.2) is 0 Å². The van der Waals surface area contributed by atoms with Crippen LogP contribution in [-0.4, -0.2) is 102 Å². The van der Waals surface area contributed by atoms with E-state index in [9.17, 15) is 24.0 Å². The van der Waals surface area contributed by atoms with Crippen LogP contribution in [0.15, 0.2) is 103 Å². The first kappa shape index (κ1) is 41.4. The third-order valence-electron chi connectivity index (χ3n) is 11.2. The lowest BCUT2D eigenvalue weighted by atomic mass is 9.88. The summed E-state index contributed by atoms with van der Waals surface area (Å²) in [6.07, 6.45) is 3.77. The number of alkyl halides is 1. The van der Waals surface area contributed by atoms with Crippen molar-refractivity contribution in [3.05, 3.63) is 131 Å². The molecule has 0 aromatic heterocycles. The molecule has 2 N–H and O–H groups in total. The minimum absolute atomic E-state index is 0.0725. The summed E-state index contributed by atoms with van der Waals surface area (Å²) in [6, 6.07) is 33.2. The summed E-state index contributed by atoms with van der Waals surface area (Å²) < 4.78 is 6.18. The van der Waals surface area contributed by atoms with E-state index in [1.165, 1.54) is 11.1 Å². The van der Waals surface area contributed by atoms with E-state index in [1.807, 2.05) is 29.2 Å². The monoisotopic (exact) mass is 815 g/mol. The van der Waals surface area contributed by atoms with Crippen LogP contribution in [0.25, 0.3) is 11.1 Å². The molecule has 3 aliphatic heterocycles. The van der Waals surface area contributed by atoms with Gasteiger partial charge >= 0.3 is 0 Å². The number of imide groups is 2. The molecule has 0 aliphatic carbocycles. The molecule has 12 heteroatoms. The van der Waals surface area contributed by atoms with Gasteiger partial charge in [-0.2, -0.15) is 0 Å². The maximum absolute atomic E-state index is 13.3. The number of fused-ring (bicyclic) bond motifs is 1. The Morgan fingerprint density at radius 1 is 0.746 bits per heavy atom. The molecule has 4 aromatic carbocycles. The number of anilines is 1. The minimum Gasteiger partial charge on any atom is -0.492 e. The van der Waals surface area contributed by atoms with E-state index in [1.54, 1.807) is 18.2 Å². The molecule has 7 rings (SSSR count). The fourth-order valence-electron chi connectivity index (χ4n) is 8.12. The molecule has 2 saturated heterocycles. The Kier molecular flexibility index (Phi) is 13.9. The van der Waals surface area contributed by atoms with Crippen LogP contribution in [0.2, 0.25) is 0 Å². The number of benzene rings is 4. The summed E-state index contributed by atoms with van der Waals surface area (Å²) in [4.78, 5) is 68.7. The number of nitrogens with zero attached hydrogens (tertiary/aromatic N) is 3. The Balaban J connectivity index is 0.817. The van der Waals surface area contributed by atoms with E-state index >= 15 is 0 Å².